The molecule has 0 saturated carbocycles. The Labute approximate surface area is 196 Å². The van der Waals surface area contributed by atoms with Crippen LogP contribution in [0.25, 0.3) is 0 Å². The number of allylic oxidation sites excluding steroid dienone is 1. The fraction of sp³-hybridized carbons (Fsp3) is 0.731. The second-order valence-electron chi connectivity index (χ2n) is 10.3. The predicted octanol–water partition coefficient (Wildman–Crippen LogP) is 4.00. The van der Waals surface area contributed by atoms with E-state index in [-0.39, 0.29) is 29.3 Å². The van der Waals surface area contributed by atoms with Crippen LogP contribution in [0.3, 0.4) is 0 Å². The first-order valence-electron chi connectivity index (χ1n) is 11.9. The maximum atomic E-state index is 13.6. The van der Waals surface area contributed by atoms with Crippen molar-refractivity contribution >= 4 is 17.7 Å². The summed E-state index contributed by atoms with van der Waals surface area (Å²) in [6, 6.07) is 0. The van der Waals surface area contributed by atoms with E-state index < -0.39 is 41.6 Å². The summed E-state index contributed by atoms with van der Waals surface area (Å²) < 4.78 is 22.7. The Bertz CT molecular complexity index is 870. The van der Waals surface area contributed by atoms with Crippen molar-refractivity contribution in [2.24, 2.45) is 29.6 Å². The first-order chi connectivity index (χ1) is 15.5. The molecule has 7 atom stereocenters. The quantitative estimate of drug-likeness (QED) is 0.463. The molecule has 1 fully saturated rings. The van der Waals surface area contributed by atoms with E-state index in [1.54, 1.807) is 0 Å². The monoisotopic (exact) mass is 462 g/mol. The molecule has 0 radical (unpaired) electrons. The Balaban J connectivity index is 2.10. The lowest BCUT2D eigenvalue weighted by Gasteiger charge is -2.43. The van der Waals surface area contributed by atoms with Gasteiger partial charge < -0.3 is 18.9 Å². The van der Waals surface area contributed by atoms with Gasteiger partial charge in [0.1, 0.15) is 11.4 Å². The number of hydrogen-bond acceptors (Lipinski definition) is 7. The second-order valence-corrected chi connectivity index (χ2v) is 10.3. The molecule has 0 spiro atoms. The summed E-state index contributed by atoms with van der Waals surface area (Å²) in [4.78, 5) is 39.0. The molecule has 7 nitrogen and oxygen atoms in total. The Hall–Kier alpha value is -2.15. The van der Waals surface area contributed by atoms with Crippen LogP contribution < -0.4 is 0 Å². The third kappa shape index (κ3) is 4.48. The van der Waals surface area contributed by atoms with Crippen molar-refractivity contribution in [3.05, 3.63) is 23.0 Å². The summed E-state index contributed by atoms with van der Waals surface area (Å²) in [6.07, 6.45) is 2.86. The fourth-order valence-electron chi connectivity index (χ4n) is 5.87. The van der Waals surface area contributed by atoms with Gasteiger partial charge in [-0.1, -0.05) is 26.8 Å². The van der Waals surface area contributed by atoms with Gasteiger partial charge in [0.15, 0.2) is 0 Å². The number of ketones is 1. The van der Waals surface area contributed by atoms with E-state index in [1.165, 1.54) is 14.2 Å². The van der Waals surface area contributed by atoms with E-state index in [2.05, 4.69) is 19.9 Å². The van der Waals surface area contributed by atoms with Gasteiger partial charge in [-0.25, -0.2) is 4.79 Å². The lowest BCUT2D eigenvalue weighted by molar-refractivity contribution is -0.167. The summed E-state index contributed by atoms with van der Waals surface area (Å²) in [5.74, 6) is -2.14. The minimum Gasteiger partial charge on any atom is -0.490 e. The van der Waals surface area contributed by atoms with Crippen molar-refractivity contribution in [3.63, 3.8) is 0 Å². The van der Waals surface area contributed by atoms with Crippen molar-refractivity contribution in [1.82, 2.24) is 0 Å². The molecule has 0 amide bonds. The molecule has 0 N–H and O–H groups in total. The third-order valence-electron chi connectivity index (χ3n) is 7.78. The summed E-state index contributed by atoms with van der Waals surface area (Å²) in [6.45, 7) is 11.7. The van der Waals surface area contributed by atoms with Crippen molar-refractivity contribution in [2.75, 3.05) is 14.2 Å². The average Bonchev–Trinajstić information content (AvgIpc) is 3.11. The number of fused-ring (bicyclic) bond motifs is 2. The van der Waals surface area contributed by atoms with Crippen LogP contribution in [0.15, 0.2) is 23.0 Å². The summed E-state index contributed by atoms with van der Waals surface area (Å²) in [5.41, 5.74) is 1.09. The molecule has 0 aromatic carbocycles. The largest absolute Gasteiger partial charge is 0.490 e. The van der Waals surface area contributed by atoms with Crippen LogP contribution in [0.5, 0.6) is 0 Å². The van der Waals surface area contributed by atoms with Gasteiger partial charge in [-0.3, -0.25) is 9.59 Å². The van der Waals surface area contributed by atoms with Gasteiger partial charge in [-0.15, -0.1) is 0 Å². The molecule has 3 aliphatic rings. The van der Waals surface area contributed by atoms with Crippen LogP contribution >= 0.6 is 0 Å². The molecular weight excluding hydrogens is 424 g/mol. The Morgan fingerprint density at radius 2 is 1.88 bits per heavy atom. The number of rotatable bonds is 3. The fourth-order valence-corrected chi connectivity index (χ4v) is 5.87. The predicted molar refractivity (Wildman–Crippen MR) is 122 cm³/mol. The number of hydrogen-bond donors (Lipinski definition) is 0. The number of carbonyl (C=O) groups excluding carboxylic acids is 3. The van der Waals surface area contributed by atoms with Gasteiger partial charge in [0.2, 0.25) is 5.76 Å². The molecule has 3 rings (SSSR count). The maximum absolute atomic E-state index is 13.6. The first-order valence-corrected chi connectivity index (χ1v) is 11.9. The van der Waals surface area contributed by atoms with E-state index in [4.69, 9.17) is 18.9 Å². The Morgan fingerprint density at radius 3 is 2.45 bits per heavy atom. The standard InChI is InChI=1S/C26H38O7/c1-13(2)18-17-10-9-15(4)22-20(19(16(5)32-22)24(28)31-8)21(27)14(3)11-12-26(17,6)33-25(29)23(18)30-7/h9,13-14,16-17,19-20,22H,10-12H2,1-8H3. The van der Waals surface area contributed by atoms with Gasteiger partial charge >= 0.3 is 11.9 Å². The van der Waals surface area contributed by atoms with E-state index >= 15 is 0 Å². The third-order valence-corrected chi connectivity index (χ3v) is 7.78. The van der Waals surface area contributed by atoms with Gasteiger partial charge in [-0.05, 0) is 57.1 Å². The van der Waals surface area contributed by atoms with E-state index in [1.807, 2.05) is 27.7 Å². The number of esters is 2. The number of methoxy groups -OCH3 is 2. The van der Waals surface area contributed by atoms with Gasteiger partial charge in [0, 0.05) is 11.8 Å². The molecule has 2 heterocycles. The van der Waals surface area contributed by atoms with Crippen LogP contribution in [0.1, 0.15) is 60.8 Å². The molecule has 1 saturated heterocycles. The zero-order chi connectivity index (χ0) is 24.7. The first kappa shape index (κ1) is 25.5. The zero-order valence-corrected chi connectivity index (χ0v) is 21.1. The van der Waals surface area contributed by atoms with Crippen LogP contribution in [0, 0.1) is 29.6 Å². The van der Waals surface area contributed by atoms with Crippen LogP contribution in [0.2, 0.25) is 0 Å². The van der Waals surface area contributed by atoms with Crippen molar-refractivity contribution in [3.8, 4) is 0 Å². The number of ether oxygens (including phenoxy) is 4. The SMILES string of the molecule is COC(=O)C1C(C)OC2C(C)=CCC3C(C(C)C)=C(OC)C(=O)OC3(C)CCC(C)C(=O)C21. The van der Waals surface area contributed by atoms with E-state index in [0.717, 1.165) is 11.1 Å². The topological polar surface area (TPSA) is 88.1 Å². The van der Waals surface area contributed by atoms with Gasteiger partial charge in [-0.2, -0.15) is 0 Å². The molecule has 0 bridgehead atoms. The highest BCUT2D eigenvalue weighted by molar-refractivity contribution is 5.90. The molecule has 0 aromatic rings. The van der Waals surface area contributed by atoms with Crippen molar-refractivity contribution in [2.45, 2.75) is 78.6 Å². The molecule has 184 valence electrons. The molecule has 0 aromatic heterocycles. The van der Waals surface area contributed by atoms with Crippen molar-refractivity contribution in [1.29, 1.82) is 0 Å². The lowest BCUT2D eigenvalue weighted by Crippen LogP contribution is -2.47. The van der Waals surface area contributed by atoms with E-state index in [0.29, 0.717) is 19.3 Å². The number of Topliss-reactive ketones (excluding diaryl/α,β-unsaturated/α-hetero) is 1. The molecule has 33 heavy (non-hydrogen) atoms. The molecular formula is C26H38O7. The van der Waals surface area contributed by atoms with Gasteiger partial charge in [0.25, 0.3) is 0 Å². The minimum atomic E-state index is -0.764. The molecule has 7 unspecified atom stereocenters. The average molecular weight is 463 g/mol. The molecule has 7 heteroatoms. The van der Waals surface area contributed by atoms with Crippen LogP contribution in [-0.2, 0) is 33.3 Å². The highest BCUT2D eigenvalue weighted by atomic mass is 16.6. The van der Waals surface area contributed by atoms with Crippen molar-refractivity contribution < 1.29 is 33.3 Å². The molecule has 1 aliphatic carbocycles. The van der Waals surface area contributed by atoms with Gasteiger partial charge in [0.05, 0.1) is 38.3 Å². The Kier molecular flexibility index (Phi) is 7.42. The summed E-state index contributed by atoms with van der Waals surface area (Å²) in [7, 11) is 2.84. The molecule has 2 aliphatic heterocycles. The maximum Gasteiger partial charge on any atom is 0.374 e. The zero-order valence-electron chi connectivity index (χ0n) is 21.1. The second kappa shape index (κ2) is 9.61. The lowest BCUT2D eigenvalue weighted by atomic mass is 9.71. The normalized spacial score (nSPS) is 37.5. The highest BCUT2D eigenvalue weighted by Gasteiger charge is 2.53. The summed E-state index contributed by atoms with van der Waals surface area (Å²) in [5, 5.41) is 0. The smallest absolute Gasteiger partial charge is 0.374 e. The van der Waals surface area contributed by atoms with Crippen LogP contribution in [-0.4, -0.2) is 49.8 Å². The Morgan fingerprint density at radius 1 is 1.21 bits per heavy atom. The number of carbonyl (C=O) groups is 3. The highest BCUT2D eigenvalue weighted by Crippen LogP contribution is 2.47. The minimum absolute atomic E-state index is 0.00566. The van der Waals surface area contributed by atoms with Crippen LogP contribution in [0.4, 0.5) is 0 Å². The summed E-state index contributed by atoms with van der Waals surface area (Å²) >= 11 is 0. The van der Waals surface area contributed by atoms with E-state index in [9.17, 15) is 14.4 Å².